The van der Waals surface area contributed by atoms with Crippen LogP contribution in [-0.2, 0) is 4.74 Å². The molecule has 2 heterocycles. The fourth-order valence-electron chi connectivity index (χ4n) is 1.96. The molecular formula is C13H21N3O2. The lowest BCUT2D eigenvalue weighted by molar-refractivity contribution is 0.104. The van der Waals surface area contributed by atoms with Crippen molar-refractivity contribution in [3.63, 3.8) is 0 Å². The quantitative estimate of drug-likeness (QED) is 0.871. The average molecular weight is 251 g/mol. The van der Waals surface area contributed by atoms with Crippen LogP contribution in [0.25, 0.3) is 0 Å². The second-order valence-corrected chi connectivity index (χ2v) is 4.68. The molecule has 1 aliphatic heterocycles. The van der Waals surface area contributed by atoms with E-state index < -0.39 is 0 Å². The summed E-state index contributed by atoms with van der Waals surface area (Å²) in [5, 5.41) is 3.28. The summed E-state index contributed by atoms with van der Waals surface area (Å²) in [6.07, 6.45) is 2.06. The Labute approximate surface area is 108 Å². The zero-order chi connectivity index (χ0) is 13.0. The number of hydrogen-bond acceptors (Lipinski definition) is 5. The number of nitrogens with one attached hydrogen (secondary N) is 1. The fourth-order valence-corrected chi connectivity index (χ4v) is 1.96. The Morgan fingerprint density at radius 3 is 2.94 bits per heavy atom. The average Bonchev–Trinajstić information content (AvgIpc) is 2.81. The maximum atomic E-state index is 5.62. The molecule has 5 heteroatoms. The molecule has 0 radical (unpaired) electrons. The van der Waals surface area contributed by atoms with Gasteiger partial charge in [0.25, 0.3) is 0 Å². The molecular weight excluding hydrogens is 230 g/mol. The smallest absolute Gasteiger partial charge is 0.218 e. The van der Waals surface area contributed by atoms with Crippen molar-refractivity contribution < 1.29 is 9.47 Å². The van der Waals surface area contributed by atoms with Crippen molar-refractivity contribution >= 4 is 5.82 Å². The summed E-state index contributed by atoms with van der Waals surface area (Å²) >= 11 is 0. The highest BCUT2D eigenvalue weighted by atomic mass is 16.5. The second-order valence-electron chi connectivity index (χ2n) is 4.68. The van der Waals surface area contributed by atoms with E-state index >= 15 is 0 Å². The van der Waals surface area contributed by atoms with Crippen molar-refractivity contribution in [2.45, 2.75) is 45.8 Å². The minimum atomic E-state index is 0.0121. The molecule has 1 aliphatic rings. The molecule has 0 saturated carbocycles. The summed E-state index contributed by atoms with van der Waals surface area (Å²) in [6.45, 7) is 7.49. The van der Waals surface area contributed by atoms with Gasteiger partial charge in [0, 0.05) is 18.7 Å². The standard InChI is InChI=1S/C13H21N3O2/c1-4-17-12-8-11(14-9(2)3)15-13(16-12)10-6-5-7-18-10/h8-10H,4-7H2,1-3H3,(H,14,15,16). The van der Waals surface area contributed by atoms with E-state index in [0.717, 1.165) is 31.1 Å². The summed E-state index contributed by atoms with van der Waals surface area (Å²) in [7, 11) is 0. The van der Waals surface area contributed by atoms with Crippen LogP contribution in [0.15, 0.2) is 6.07 Å². The predicted molar refractivity (Wildman–Crippen MR) is 69.9 cm³/mol. The number of hydrogen-bond donors (Lipinski definition) is 1. The van der Waals surface area contributed by atoms with Crippen molar-refractivity contribution in [1.82, 2.24) is 9.97 Å². The highest BCUT2D eigenvalue weighted by molar-refractivity contribution is 5.39. The third-order valence-electron chi connectivity index (χ3n) is 2.67. The van der Waals surface area contributed by atoms with Crippen molar-refractivity contribution in [2.24, 2.45) is 0 Å². The third-order valence-corrected chi connectivity index (χ3v) is 2.67. The van der Waals surface area contributed by atoms with E-state index in [4.69, 9.17) is 9.47 Å². The van der Waals surface area contributed by atoms with E-state index in [1.54, 1.807) is 0 Å². The van der Waals surface area contributed by atoms with Gasteiger partial charge in [0.15, 0.2) is 5.82 Å². The lowest BCUT2D eigenvalue weighted by Gasteiger charge is -2.14. The Kier molecular flexibility index (Phi) is 4.36. The Bertz CT molecular complexity index is 390. The van der Waals surface area contributed by atoms with Gasteiger partial charge in [0.05, 0.1) is 6.61 Å². The minimum absolute atomic E-state index is 0.0121. The summed E-state index contributed by atoms with van der Waals surface area (Å²) in [5.41, 5.74) is 0. The zero-order valence-electron chi connectivity index (χ0n) is 11.3. The van der Waals surface area contributed by atoms with Gasteiger partial charge in [-0.1, -0.05) is 0 Å². The summed E-state index contributed by atoms with van der Waals surface area (Å²) in [5.74, 6) is 2.14. The molecule has 5 nitrogen and oxygen atoms in total. The molecule has 0 bridgehead atoms. The van der Waals surface area contributed by atoms with Crippen LogP contribution in [0.3, 0.4) is 0 Å². The van der Waals surface area contributed by atoms with E-state index in [1.165, 1.54) is 0 Å². The van der Waals surface area contributed by atoms with Crippen LogP contribution in [0, 0.1) is 0 Å². The van der Waals surface area contributed by atoms with Crippen LogP contribution in [0.5, 0.6) is 5.88 Å². The van der Waals surface area contributed by atoms with Crippen LogP contribution in [0.1, 0.15) is 45.5 Å². The molecule has 0 aromatic carbocycles. The van der Waals surface area contributed by atoms with Crippen molar-refractivity contribution in [3.8, 4) is 5.88 Å². The second kappa shape index (κ2) is 6.00. The van der Waals surface area contributed by atoms with Crippen LogP contribution in [0.4, 0.5) is 5.82 Å². The molecule has 0 aliphatic carbocycles. The number of rotatable bonds is 5. The Hall–Kier alpha value is -1.36. The Balaban J connectivity index is 2.23. The van der Waals surface area contributed by atoms with Gasteiger partial charge in [-0.15, -0.1) is 0 Å². The van der Waals surface area contributed by atoms with E-state index in [2.05, 4.69) is 29.1 Å². The molecule has 100 valence electrons. The zero-order valence-corrected chi connectivity index (χ0v) is 11.3. The molecule has 1 aromatic heterocycles. The Morgan fingerprint density at radius 1 is 1.50 bits per heavy atom. The topological polar surface area (TPSA) is 56.3 Å². The van der Waals surface area contributed by atoms with E-state index in [9.17, 15) is 0 Å². The molecule has 1 fully saturated rings. The maximum absolute atomic E-state index is 5.62. The van der Waals surface area contributed by atoms with Crippen LogP contribution >= 0.6 is 0 Å². The van der Waals surface area contributed by atoms with Crippen molar-refractivity contribution in [3.05, 3.63) is 11.9 Å². The molecule has 1 saturated heterocycles. The predicted octanol–water partition coefficient (Wildman–Crippen LogP) is 2.55. The molecule has 1 aromatic rings. The Morgan fingerprint density at radius 2 is 2.33 bits per heavy atom. The van der Waals surface area contributed by atoms with Gasteiger partial charge in [0.1, 0.15) is 11.9 Å². The first-order valence-corrected chi connectivity index (χ1v) is 6.59. The van der Waals surface area contributed by atoms with Crippen molar-refractivity contribution in [1.29, 1.82) is 0 Å². The van der Waals surface area contributed by atoms with Crippen molar-refractivity contribution in [2.75, 3.05) is 18.5 Å². The largest absolute Gasteiger partial charge is 0.478 e. The molecule has 1 atom stereocenters. The third kappa shape index (κ3) is 3.32. The molecule has 0 amide bonds. The van der Waals surface area contributed by atoms with Crippen LogP contribution in [0.2, 0.25) is 0 Å². The first-order chi connectivity index (χ1) is 8.69. The monoisotopic (exact) mass is 251 g/mol. The lowest BCUT2D eigenvalue weighted by atomic mass is 10.2. The van der Waals surface area contributed by atoms with Crippen LogP contribution < -0.4 is 10.1 Å². The molecule has 0 spiro atoms. The van der Waals surface area contributed by atoms with Gasteiger partial charge in [-0.05, 0) is 33.6 Å². The normalized spacial score (nSPS) is 19.2. The summed E-state index contributed by atoms with van der Waals surface area (Å²) < 4.78 is 11.1. The van der Waals surface area contributed by atoms with Gasteiger partial charge in [-0.25, -0.2) is 4.98 Å². The maximum Gasteiger partial charge on any atom is 0.218 e. The molecule has 1 N–H and O–H groups in total. The lowest BCUT2D eigenvalue weighted by Crippen LogP contribution is -2.14. The van der Waals surface area contributed by atoms with Gasteiger partial charge >= 0.3 is 0 Å². The SMILES string of the molecule is CCOc1cc(NC(C)C)nc(C2CCCO2)n1. The number of aromatic nitrogens is 2. The summed E-state index contributed by atoms with van der Waals surface area (Å²) in [4.78, 5) is 8.92. The van der Waals surface area contributed by atoms with E-state index in [-0.39, 0.29) is 6.10 Å². The molecule has 2 rings (SSSR count). The van der Waals surface area contributed by atoms with Gasteiger partial charge < -0.3 is 14.8 Å². The van der Waals surface area contributed by atoms with Gasteiger partial charge in [-0.2, -0.15) is 4.98 Å². The van der Waals surface area contributed by atoms with Gasteiger partial charge in [0.2, 0.25) is 5.88 Å². The fraction of sp³-hybridized carbons (Fsp3) is 0.692. The number of anilines is 1. The molecule has 18 heavy (non-hydrogen) atoms. The number of nitrogens with zero attached hydrogens (tertiary/aromatic N) is 2. The highest BCUT2D eigenvalue weighted by Gasteiger charge is 2.22. The minimum Gasteiger partial charge on any atom is -0.478 e. The van der Waals surface area contributed by atoms with Gasteiger partial charge in [-0.3, -0.25) is 0 Å². The highest BCUT2D eigenvalue weighted by Crippen LogP contribution is 2.28. The van der Waals surface area contributed by atoms with E-state index in [0.29, 0.717) is 18.5 Å². The summed E-state index contributed by atoms with van der Waals surface area (Å²) in [6, 6.07) is 2.16. The first-order valence-electron chi connectivity index (χ1n) is 6.59. The van der Waals surface area contributed by atoms with Crippen LogP contribution in [-0.4, -0.2) is 29.2 Å². The number of ether oxygens (including phenoxy) is 2. The first kappa shape index (κ1) is 13.1. The van der Waals surface area contributed by atoms with E-state index in [1.807, 2.05) is 13.0 Å². The molecule has 1 unspecified atom stereocenters.